The summed E-state index contributed by atoms with van der Waals surface area (Å²) in [5, 5.41) is 24.3. The normalized spacial score (nSPS) is 18.8. The topological polar surface area (TPSA) is 81.6 Å². The molecule has 2 rings (SSSR count). The summed E-state index contributed by atoms with van der Waals surface area (Å²) in [5.74, 6) is -0.194. The molecule has 5 nitrogen and oxygen atoms in total. The molecule has 0 aromatic heterocycles. The van der Waals surface area contributed by atoms with E-state index in [0.717, 1.165) is 5.56 Å². The van der Waals surface area contributed by atoms with Crippen LogP contribution in [0.25, 0.3) is 0 Å². The van der Waals surface area contributed by atoms with Gasteiger partial charge in [-0.05, 0) is 24.5 Å². The van der Waals surface area contributed by atoms with Crippen molar-refractivity contribution in [1.29, 1.82) is 0 Å². The number of hydrogen-bond donors (Lipinski definition) is 4. The third-order valence-electron chi connectivity index (χ3n) is 3.52. The van der Waals surface area contributed by atoms with Gasteiger partial charge in [0.1, 0.15) is 0 Å². The number of carbonyl (C=O) groups is 1. The van der Waals surface area contributed by atoms with Crippen molar-refractivity contribution in [3.8, 4) is 0 Å². The Balaban J connectivity index is 2.03. The number of benzene rings is 1. The van der Waals surface area contributed by atoms with Crippen LogP contribution in [0.15, 0.2) is 24.3 Å². The van der Waals surface area contributed by atoms with E-state index in [0.29, 0.717) is 13.0 Å². The summed E-state index contributed by atoms with van der Waals surface area (Å²) in [6.45, 7) is 1.68. The first-order valence-electron chi connectivity index (χ1n) is 6.42. The Morgan fingerprint density at radius 3 is 2.63 bits per heavy atom. The van der Waals surface area contributed by atoms with Crippen LogP contribution in [0.5, 0.6) is 0 Å². The van der Waals surface area contributed by atoms with Crippen LogP contribution in [0, 0.1) is 0 Å². The van der Waals surface area contributed by atoms with E-state index in [1.54, 1.807) is 6.92 Å². The minimum Gasteiger partial charge on any atom is -0.394 e. The second-order valence-corrected chi connectivity index (χ2v) is 5.27. The van der Waals surface area contributed by atoms with Crippen LogP contribution >= 0.6 is 0 Å². The smallest absolute Gasteiger partial charge is 0.238 e. The van der Waals surface area contributed by atoms with Gasteiger partial charge in [0, 0.05) is 6.54 Å². The number of amides is 1. The lowest BCUT2D eigenvalue weighted by atomic mass is 9.94. The fourth-order valence-electron chi connectivity index (χ4n) is 2.15. The molecule has 1 heterocycles. The quantitative estimate of drug-likeness (QED) is 0.594. The van der Waals surface area contributed by atoms with E-state index in [-0.39, 0.29) is 25.2 Å². The molecule has 1 aliphatic rings. The van der Waals surface area contributed by atoms with Gasteiger partial charge in [0.25, 0.3) is 0 Å². The summed E-state index contributed by atoms with van der Waals surface area (Å²) in [5.41, 5.74) is 1.39. The Labute approximate surface area is 112 Å². The van der Waals surface area contributed by atoms with Crippen LogP contribution in [0.3, 0.4) is 0 Å². The van der Waals surface area contributed by atoms with Gasteiger partial charge in [-0.1, -0.05) is 24.3 Å². The molecule has 5 heteroatoms. The van der Waals surface area contributed by atoms with Gasteiger partial charge in [0.15, 0.2) is 0 Å². The first-order chi connectivity index (χ1) is 9.08. The predicted octanol–water partition coefficient (Wildman–Crippen LogP) is -0.440. The van der Waals surface area contributed by atoms with E-state index in [2.05, 4.69) is 10.6 Å². The van der Waals surface area contributed by atoms with Crippen LogP contribution in [0.4, 0.5) is 0 Å². The zero-order valence-electron chi connectivity index (χ0n) is 11.0. The van der Waals surface area contributed by atoms with Gasteiger partial charge in [0.05, 0.1) is 24.8 Å². The lowest BCUT2D eigenvalue weighted by molar-refractivity contribution is -0.126. The molecule has 0 aliphatic carbocycles. The third kappa shape index (κ3) is 3.12. The second-order valence-electron chi connectivity index (χ2n) is 5.27. The van der Waals surface area contributed by atoms with Crippen molar-refractivity contribution in [3.63, 3.8) is 0 Å². The van der Waals surface area contributed by atoms with Gasteiger partial charge < -0.3 is 20.8 Å². The van der Waals surface area contributed by atoms with Crippen molar-refractivity contribution in [2.45, 2.75) is 31.5 Å². The molecule has 19 heavy (non-hydrogen) atoms. The maximum Gasteiger partial charge on any atom is 0.238 e. The lowest BCUT2D eigenvalue weighted by Crippen LogP contribution is -2.58. The molecule has 1 amide bonds. The van der Waals surface area contributed by atoms with Gasteiger partial charge in [-0.3, -0.25) is 4.79 Å². The highest BCUT2D eigenvalue weighted by atomic mass is 16.3. The number of nitrogens with one attached hydrogen (secondary N) is 2. The van der Waals surface area contributed by atoms with Gasteiger partial charge in [-0.2, -0.15) is 0 Å². The molecule has 1 aliphatic heterocycles. The molecule has 1 unspecified atom stereocenters. The molecule has 0 radical (unpaired) electrons. The number of aliphatic hydroxyl groups is 2. The molecule has 4 N–H and O–H groups in total. The summed E-state index contributed by atoms with van der Waals surface area (Å²) in [7, 11) is 0. The Morgan fingerprint density at radius 2 is 2.00 bits per heavy atom. The highest BCUT2D eigenvalue weighted by Gasteiger charge is 2.30. The molecule has 0 fully saturated rings. The van der Waals surface area contributed by atoms with E-state index in [4.69, 9.17) is 0 Å². The average Bonchev–Trinajstić information content (AvgIpc) is 2.46. The molecule has 104 valence electrons. The molecule has 0 saturated heterocycles. The molecule has 1 aromatic rings. The SMILES string of the molecule is CC(CO)(CO)NC(=O)C1Cc2ccccc2CN1. The van der Waals surface area contributed by atoms with Crippen molar-refractivity contribution in [2.75, 3.05) is 13.2 Å². The first kappa shape index (κ1) is 14.0. The van der Waals surface area contributed by atoms with Crippen LogP contribution in [-0.2, 0) is 17.8 Å². The number of carbonyl (C=O) groups excluding carboxylic acids is 1. The van der Waals surface area contributed by atoms with Crippen molar-refractivity contribution in [1.82, 2.24) is 10.6 Å². The Bertz CT molecular complexity index is 458. The van der Waals surface area contributed by atoms with Gasteiger partial charge >= 0.3 is 0 Å². The second kappa shape index (κ2) is 5.69. The average molecular weight is 264 g/mol. The maximum atomic E-state index is 12.1. The summed E-state index contributed by atoms with van der Waals surface area (Å²) < 4.78 is 0. The van der Waals surface area contributed by atoms with Crippen LogP contribution in [0.1, 0.15) is 18.1 Å². The van der Waals surface area contributed by atoms with Crippen LogP contribution < -0.4 is 10.6 Å². The van der Waals surface area contributed by atoms with Crippen LogP contribution in [0.2, 0.25) is 0 Å². The van der Waals surface area contributed by atoms with Gasteiger partial charge in [-0.15, -0.1) is 0 Å². The van der Waals surface area contributed by atoms with Crippen molar-refractivity contribution < 1.29 is 15.0 Å². The number of aliphatic hydroxyl groups excluding tert-OH is 2. The molecular formula is C14H20N2O3. The van der Waals surface area contributed by atoms with E-state index in [1.807, 2.05) is 24.3 Å². The molecule has 1 aromatic carbocycles. The fourth-order valence-corrected chi connectivity index (χ4v) is 2.15. The molecular weight excluding hydrogens is 244 g/mol. The monoisotopic (exact) mass is 264 g/mol. The summed E-state index contributed by atoms with van der Waals surface area (Å²) in [6.07, 6.45) is 0.620. The Hall–Kier alpha value is -1.43. The summed E-state index contributed by atoms with van der Waals surface area (Å²) in [4.78, 5) is 12.1. The number of rotatable bonds is 4. The Kier molecular flexibility index (Phi) is 4.19. The first-order valence-corrected chi connectivity index (χ1v) is 6.42. The number of fused-ring (bicyclic) bond motifs is 1. The highest BCUT2D eigenvalue weighted by molar-refractivity contribution is 5.83. The fraction of sp³-hybridized carbons (Fsp3) is 0.500. The standard InChI is InChI=1S/C14H20N2O3/c1-14(8-17,9-18)16-13(19)12-6-10-4-2-3-5-11(10)7-15-12/h2-5,12,15,17-18H,6-9H2,1H3,(H,16,19). The van der Waals surface area contributed by atoms with E-state index in [1.165, 1.54) is 5.56 Å². The molecule has 0 saturated carbocycles. The summed E-state index contributed by atoms with van der Waals surface area (Å²) in [6, 6.07) is 7.68. The van der Waals surface area contributed by atoms with Gasteiger partial charge in [-0.25, -0.2) is 0 Å². The van der Waals surface area contributed by atoms with Crippen molar-refractivity contribution in [3.05, 3.63) is 35.4 Å². The predicted molar refractivity (Wildman–Crippen MR) is 71.5 cm³/mol. The Morgan fingerprint density at radius 1 is 1.37 bits per heavy atom. The van der Waals surface area contributed by atoms with Crippen LogP contribution in [-0.4, -0.2) is 40.9 Å². The highest BCUT2D eigenvalue weighted by Crippen LogP contribution is 2.16. The maximum absolute atomic E-state index is 12.1. The van der Waals surface area contributed by atoms with Gasteiger partial charge in [0.2, 0.25) is 5.91 Å². The summed E-state index contributed by atoms with van der Waals surface area (Å²) >= 11 is 0. The molecule has 0 spiro atoms. The minimum atomic E-state index is -0.976. The molecule has 0 bridgehead atoms. The minimum absolute atomic E-state index is 0.194. The zero-order chi connectivity index (χ0) is 13.9. The van der Waals surface area contributed by atoms with E-state index in [9.17, 15) is 15.0 Å². The zero-order valence-corrected chi connectivity index (χ0v) is 11.0. The van der Waals surface area contributed by atoms with E-state index < -0.39 is 5.54 Å². The largest absolute Gasteiger partial charge is 0.394 e. The number of hydrogen-bond acceptors (Lipinski definition) is 4. The van der Waals surface area contributed by atoms with Crippen molar-refractivity contribution in [2.24, 2.45) is 0 Å². The van der Waals surface area contributed by atoms with Crippen molar-refractivity contribution >= 4 is 5.91 Å². The van der Waals surface area contributed by atoms with E-state index >= 15 is 0 Å². The molecule has 1 atom stereocenters. The third-order valence-corrected chi connectivity index (χ3v) is 3.52. The lowest BCUT2D eigenvalue weighted by Gasteiger charge is -2.31.